The summed E-state index contributed by atoms with van der Waals surface area (Å²) in [6.45, 7) is 3.76. The van der Waals surface area contributed by atoms with Gasteiger partial charge in [-0.15, -0.1) is 0 Å². The molecule has 0 aromatic heterocycles. The molecule has 3 aromatic rings. The van der Waals surface area contributed by atoms with Crippen molar-refractivity contribution < 1.29 is 34.0 Å². The smallest absolute Gasteiger partial charge is 0.300 e. The number of amides is 1. The van der Waals surface area contributed by atoms with Crippen LogP contribution in [0.25, 0.3) is 5.76 Å². The predicted octanol–water partition coefficient (Wildman–Crippen LogP) is 6.70. The summed E-state index contributed by atoms with van der Waals surface area (Å²) in [5, 5.41) is 22.3. The van der Waals surface area contributed by atoms with Crippen LogP contribution in [0.2, 0.25) is 15.1 Å². The highest BCUT2D eigenvalue weighted by atomic mass is 35.5. The van der Waals surface area contributed by atoms with E-state index in [0.717, 1.165) is 0 Å². The van der Waals surface area contributed by atoms with E-state index < -0.39 is 23.5 Å². The topological polar surface area (TPSA) is 106 Å². The number of rotatable bonds is 7. The van der Waals surface area contributed by atoms with Gasteiger partial charge < -0.3 is 24.4 Å². The maximum Gasteiger partial charge on any atom is 0.300 e. The van der Waals surface area contributed by atoms with E-state index in [9.17, 15) is 19.8 Å². The third-order valence-electron chi connectivity index (χ3n) is 6.27. The maximum absolute atomic E-state index is 13.6. The molecule has 0 aliphatic carbocycles. The van der Waals surface area contributed by atoms with Crippen LogP contribution in [0.5, 0.6) is 23.0 Å². The monoisotopic (exact) mass is 591 g/mol. The lowest BCUT2D eigenvalue weighted by Gasteiger charge is -2.27. The van der Waals surface area contributed by atoms with E-state index in [1.165, 1.54) is 43.4 Å². The van der Waals surface area contributed by atoms with Crippen molar-refractivity contribution in [3.05, 3.63) is 79.8 Å². The summed E-state index contributed by atoms with van der Waals surface area (Å²) < 4.78 is 16.2. The van der Waals surface area contributed by atoms with Crippen molar-refractivity contribution in [2.24, 2.45) is 0 Å². The minimum Gasteiger partial charge on any atom is -0.507 e. The maximum atomic E-state index is 13.6. The number of hydrogen-bond acceptors (Lipinski definition) is 7. The molecule has 1 saturated heterocycles. The summed E-state index contributed by atoms with van der Waals surface area (Å²) in [6.07, 6.45) is 0. The van der Waals surface area contributed by atoms with E-state index in [1.54, 1.807) is 32.0 Å². The Morgan fingerprint density at radius 3 is 2.33 bits per heavy atom. The normalized spacial score (nSPS) is 16.5. The molecule has 11 heteroatoms. The van der Waals surface area contributed by atoms with Crippen molar-refractivity contribution in [1.29, 1.82) is 0 Å². The molecular weight excluding hydrogens is 569 g/mol. The summed E-state index contributed by atoms with van der Waals surface area (Å²) in [5.74, 6) is -2.34. The third kappa shape index (κ3) is 4.95. The van der Waals surface area contributed by atoms with Crippen molar-refractivity contribution >= 4 is 57.9 Å². The fourth-order valence-electron chi connectivity index (χ4n) is 4.50. The number of nitrogens with zero attached hydrogens (tertiary/aromatic N) is 1. The first-order valence-electron chi connectivity index (χ1n) is 11.7. The second-order valence-electron chi connectivity index (χ2n) is 8.55. The Morgan fingerprint density at radius 1 is 1.00 bits per heavy atom. The zero-order chi connectivity index (χ0) is 28.6. The zero-order valence-electron chi connectivity index (χ0n) is 21.3. The summed E-state index contributed by atoms with van der Waals surface area (Å²) in [6, 6.07) is 9.52. The predicted molar refractivity (Wildman–Crippen MR) is 150 cm³/mol. The lowest BCUT2D eigenvalue weighted by molar-refractivity contribution is -0.132. The molecule has 1 aliphatic heterocycles. The van der Waals surface area contributed by atoms with E-state index in [4.69, 9.17) is 49.0 Å². The Morgan fingerprint density at radius 2 is 1.69 bits per heavy atom. The number of hydrogen-bond donors (Lipinski definition) is 2. The highest BCUT2D eigenvalue weighted by Crippen LogP contribution is 2.49. The van der Waals surface area contributed by atoms with Gasteiger partial charge in [-0.1, -0.05) is 46.9 Å². The van der Waals surface area contributed by atoms with Crippen molar-refractivity contribution in [2.75, 3.05) is 25.7 Å². The first-order chi connectivity index (χ1) is 18.5. The molecule has 3 aromatic carbocycles. The molecule has 0 spiro atoms. The molecule has 1 aliphatic rings. The Kier molecular flexibility index (Phi) is 8.20. The molecule has 1 amide bonds. The number of phenols is 1. The Balaban J connectivity index is 2.07. The lowest BCUT2D eigenvalue weighted by Crippen LogP contribution is -2.30. The number of carbonyl (C=O) groups excluding carboxylic acids is 2. The standard InChI is InChI=1S/C28H24Cl3NO7/c1-5-39-20-10-14(7-9-19(20)33)23-21(24(34)16-12-17(30)27(38-4)22(31)26(16)37-3)25(35)28(36)32(23)18-11-15(29)8-6-13(18)2/h6-12,23,33-34H,5H2,1-4H3/b24-21+. The summed E-state index contributed by atoms with van der Waals surface area (Å²) in [4.78, 5) is 28.4. The fourth-order valence-corrected chi connectivity index (χ4v) is 5.36. The van der Waals surface area contributed by atoms with Gasteiger partial charge in [-0.2, -0.15) is 0 Å². The van der Waals surface area contributed by atoms with Crippen LogP contribution in [0, 0.1) is 6.92 Å². The quantitative estimate of drug-likeness (QED) is 0.179. The Bertz CT molecular complexity index is 1520. The van der Waals surface area contributed by atoms with E-state index in [0.29, 0.717) is 21.8 Å². The molecule has 39 heavy (non-hydrogen) atoms. The number of aryl methyl sites for hydroxylation is 1. The van der Waals surface area contributed by atoms with Gasteiger partial charge in [0.15, 0.2) is 23.0 Å². The molecule has 0 bridgehead atoms. The number of ether oxygens (including phenoxy) is 3. The van der Waals surface area contributed by atoms with E-state index in [1.807, 2.05) is 0 Å². The van der Waals surface area contributed by atoms with Crippen LogP contribution in [0.4, 0.5) is 5.69 Å². The zero-order valence-corrected chi connectivity index (χ0v) is 23.6. The Hall–Kier alpha value is -3.59. The largest absolute Gasteiger partial charge is 0.507 e. The van der Waals surface area contributed by atoms with E-state index >= 15 is 0 Å². The van der Waals surface area contributed by atoms with Gasteiger partial charge >= 0.3 is 0 Å². The number of carbonyl (C=O) groups is 2. The van der Waals surface area contributed by atoms with Crippen LogP contribution in [-0.2, 0) is 9.59 Å². The average Bonchev–Trinajstić information content (AvgIpc) is 3.16. The van der Waals surface area contributed by atoms with Gasteiger partial charge in [0.2, 0.25) is 0 Å². The van der Waals surface area contributed by atoms with Crippen LogP contribution in [0.15, 0.2) is 48.0 Å². The fraction of sp³-hybridized carbons (Fsp3) is 0.214. The third-order valence-corrected chi connectivity index (χ3v) is 7.13. The minimum atomic E-state index is -1.15. The minimum absolute atomic E-state index is 0.0139. The summed E-state index contributed by atoms with van der Waals surface area (Å²) >= 11 is 19.0. The number of ketones is 1. The average molecular weight is 593 g/mol. The second kappa shape index (κ2) is 11.3. The number of methoxy groups -OCH3 is 2. The van der Waals surface area contributed by atoms with Gasteiger partial charge in [0.25, 0.3) is 11.7 Å². The number of phenolic OH excluding ortho intramolecular Hbond substituents is 1. The lowest BCUT2D eigenvalue weighted by atomic mass is 9.94. The summed E-state index contributed by atoms with van der Waals surface area (Å²) in [5.41, 5.74) is 1.10. The number of anilines is 1. The SMILES string of the molecule is CCOc1cc(C2/C(=C(\O)c3cc(Cl)c(OC)c(Cl)c3OC)C(=O)C(=O)N2c2cc(Cl)ccc2C)ccc1O. The van der Waals surface area contributed by atoms with Gasteiger partial charge in [0.1, 0.15) is 10.8 Å². The van der Waals surface area contributed by atoms with Crippen molar-refractivity contribution in [3.63, 3.8) is 0 Å². The van der Waals surface area contributed by atoms with Crippen molar-refractivity contribution in [2.45, 2.75) is 19.9 Å². The van der Waals surface area contributed by atoms with Gasteiger partial charge in [-0.05, 0) is 55.3 Å². The molecule has 4 rings (SSSR count). The van der Waals surface area contributed by atoms with Crippen molar-refractivity contribution in [3.8, 4) is 23.0 Å². The molecular formula is C28H24Cl3NO7. The molecule has 8 nitrogen and oxygen atoms in total. The Labute approximate surface area is 239 Å². The molecule has 0 radical (unpaired) electrons. The van der Waals surface area contributed by atoms with Crippen LogP contribution in [0.1, 0.15) is 29.7 Å². The number of Topliss-reactive ketones (excluding diaryl/α,β-unsaturated/α-hetero) is 1. The molecule has 204 valence electrons. The van der Waals surface area contributed by atoms with Gasteiger partial charge in [-0.25, -0.2) is 0 Å². The van der Waals surface area contributed by atoms with Gasteiger partial charge in [0, 0.05) is 10.7 Å². The van der Waals surface area contributed by atoms with Crippen LogP contribution < -0.4 is 19.1 Å². The van der Waals surface area contributed by atoms with Gasteiger partial charge in [0.05, 0.1) is 43.0 Å². The first-order valence-corrected chi connectivity index (χ1v) is 12.8. The van der Waals surface area contributed by atoms with E-state index in [-0.39, 0.29) is 50.8 Å². The molecule has 0 saturated carbocycles. The number of aliphatic hydroxyl groups is 1. The highest BCUT2D eigenvalue weighted by molar-refractivity contribution is 6.52. The number of aliphatic hydroxyl groups excluding tert-OH is 1. The molecule has 1 unspecified atom stereocenters. The number of aromatic hydroxyl groups is 1. The summed E-state index contributed by atoms with van der Waals surface area (Å²) in [7, 11) is 2.69. The molecule has 2 N–H and O–H groups in total. The van der Waals surface area contributed by atoms with Gasteiger partial charge in [-0.3, -0.25) is 14.5 Å². The van der Waals surface area contributed by atoms with E-state index in [2.05, 4.69) is 0 Å². The molecule has 1 fully saturated rings. The van der Waals surface area contributed by atoms with Crippen LogP contribution >= 0.6 is 34.8 Å². The number of benzene rings is 3. The van der Waals surface area contributed by atoms with Crippen molar-refractivity contribution in [1.82, 2.24) is 0 Å². The highest BCUT2D eigenvalue weighted by Gasteiger charge is 2.48. The van der Waals surface area contributed by atoms with Crippen LogP contribution in [-0.4, -0.2) is 42.7 Å². The molecule has 1 heterocycles. The number of halogens is 3. The first kappa shape index (κ1) is 28.4. The molecule has 1 atom stereocenters. The second-order valence-corrected chi connectivity index (χ2v) is 9.77. The van der Waals surface area contributed by atoms with Crippen LogP contribution in [0.3, 0.4) is 0 Å².